The summed E-state index contributed by atoms with van der Waals surface area (Å²) in [5.74, 6) is -0.851. The molecule has 3 nitrogen and oxygen atoms in total. The van der Waals surface area contributed by atoms with Crippen LogP contribution < -0.4 is 0 Å². The molecule has 10 heavy (non-hydrogen) atoms. The van der Waals surface area contributed by atoms with Crippen LogP contribution >= 0.6 is 0 Å². The molecule has 0 heterocycles. The maximum atomic E-state index is 10.4. The maximum absolute atomic E-state index is 10.4. The predicted octanol–water partition coefficient (Wildman–Crippen LogP) is 0.231. The van der Waals surface area contributed by atoms with E-state index < -0.39 is 11.4 Å². The second-order valence-electron chi connectivity index (χ2n) is 2.60. The third-order valence-corrected chi connectivity index (χ3v) is 2.07. The summed E-state index contributed by atoms with van der Waals surface area (Å²) >= 11 is 0. The van der Waals surface area contributed by atoms with Crippen molar-refractivity contribution in [3.63, 3.8) is 0 Å². The zero-order chi connectivity index (χ0) is 6.91. The van der Waals surface area contributed by atoms with E-state index in [-0.39, 0.29) is 27.7 Å². The van der Waals surface area contributed by atoms with Gasteiger partial charge < -0.3 is 10.2 Å². The Morgan fingerprint density at radius 1 is 1.50 bits per heavy atom. The van der Waals surface area contributed by atoms with Gasteiger partial charge >= 0.3 is 5.97 Å². The van der Waals surface area contributed by atoms with Gasteiger partial charge in [-0.3, -0.25) is 4.79 Å². The van der Waals surface area contributed by atoms with Crippen molar-refractivity contribution < 1.29 is 36.1 Å². The second kappa shape index (κ2) is 3.49. The Kier molecular flexibility index (Phi) is 3.53. The van der Waals surface area contributed by atoms with Gasteiger partial charge in [-0.05, 0) is 12.8 Å². The molecule has 4 heteroatoms. The molecule has 0 radical (unpaired) electrons. The van der Waals surface area contributed by atoms with Crippen molar-refractivity contribution in [1.29, 1.82) is 0 Å². The molecule has 1 rings (SSSR count). The average molecular weight is 325 g/mol. The van der Waals surface area contributed by atoms with Gasteiger partial charge in [-0.25, -0.2) is 0 Å². The molecule has 2 N–H and O–H groups in total. The molecule has 0 aromatic carbocycles. The molecule has 0 saturated heterocycles. The van der Waals surface area contributed by atoms with Crippen molar-refractivity contribution in [2.24, 2.45) is 5.41 Å². The number of aliphatic carboxylic acids is 1. The molecule has 0 aliphatic heterocycles. The van der Waals surface area contributed by atoms with Crippen LogP contribution in [0.15, 0.2) is 0 Å². The van der Waals surface area contributed by atoms with Crippen molar-refractivity contribution in [2.45, 2.75) is 19.3 Å². The number of hydrogen-bond donors (Lipinski definition) is 2. The molecule has 0 amide bonds. The first kappa shape index (κ1) is 10.1. The van der Waals surface area contributed by atoms with Crippen molar-refractivity contribution in [1.82, 2.24) is 0 Å². The molecule has 0 aromatic rings. The van der Waals surface area contributed by atoms with Crippen LogP contribution in [0.25, 0.3) is 0 Å². The van der Waals surface area contributed by atoms with Gasteiger partial charge in [-0.15, -0.1) is 0 Å². The second-order valence-corrected chi connectivity index (χ2v) is 2.60. The van der Waals surface area contributed by atoms with Crippen LogP contribution in [0, 0.1) is 5.41 Å². The Morgan fingerprint density at radius 2 is 2.00 bits per heavy atom. The number of carboxylic acid groups (broad SMARTS) is 1. The molecular weight excluding hydrogens is 315 g/mol. The Bertz CT molecular complexity index is 125. The summed E-state index contributed by atoms with van der Waals surface area (Å²) in [5, 5.41) is 17.1. The van der Waals surface area contributed by atoms with Gasteiger partial charge in [0.05, 0.1) is 12.0 Å². The maximum Gasteiger partial charge on any atom is 0.311 e. The van der Waals surface area contributed by atoms with Crippen LogP contribution in [0.2, 0.25) is 0 Å². The number of carbonyl (C=O) groups is 1. The quantitative estimate of drug-likeness (QED) is 0.764. The molecule has 1 fully saturated rings. The summed E-state index contributed by atoms with van der Waals surface area (Å²) in [7, 11) is 0. The van der Waals surface area contributed by atoms with Gasteiger partial charge in [0.2, 0.25) is 0 Å². The van der Waals surface area contributed by atoms with E-state index >= 15 is 0 Å². The third kappa shape index (κ3) is 1.40. The van der Waals surface area contributed by atoms with E-state index in [2.05, 4.69) is 0 Å². The Morgan fingerprint density at radius 3 is 2.00 bits per heavy atom. The summed E-state index contributed by atoms with van der Waals surface area (Å²) in [6.07, 6.45) is 2.21. The zero-order valence-electron chi connectivity index (χ0n) is 5.45. The molecule has 1 aliphatic rings. The number of aliphatic hydroxyl groups is 1. The van der Waals surface area contributed by atoms with Gasteiger partial charge in [0.1, 0.15) is 0 Å². The van der Waals surface area contributed by atoms with E-state index in [9.17, 15) is 4.79 Å². The SMILES string of the molecule is O=C(O)C1(CO)CCC1.[Pt]. The van der Waals surface area contributed by atoms with Gasteiger partial charge in [-0.2, -0.15) is 0 Å². The van der Waals surface area contributed by atoms with Crippen LogP contribution in [-0.2, 0) is 25.9 Å². The van der Waals surface area contributed by atoms with Gasteiger partial charge in [-0.1, -0.05) is 6.42 Å². The van der Waals surface area contributed by atoms with Crippen LogP contribution in [0.3, 0.4) is 0 Å². The molecule has 1 aliphatic carbocycles. The topological polar surface area (TPSA) is 57.5 Å². The van der Waals surface area contributed by atoms with Crippen LogP contribution in [0.5, 0.6) is 0 Å². The first-order valence-electron chi connectivity index (χ1n) is 3.05. The minimum atomic E-state index is -0.851. The molecule has 0 unspecified atom stereocenters. The Balaban J connectivity index is 0.000000810. The fraction of sp³-hybridized carbons (Fsp3) is 0.833. The minimum Gasteiger partial charge on any atom is -0.481 e. The normalized spacial score (nSPS) is 20.5. The average Bonchev–Trinajstić information content (AvgIpc) is 1.62. The number of hydrogen-bond acceptors (Lipinski definition) is 2. The van der Waals surface area contributed by atoms with Crippen molar-refractivity contribution in [3.05, 3.63) is 0 Å². The summed E-state index contributed by atoms with van der Waals surface area (Å²) in [6, 6.07) is 0. The largest absolute Gasteiger partial charge is 0.481 e. The van der Waals surface area contributed by atoms with Gasteiger partial charge in [0, 0.05) is 21.1 Å². The summed E-state index contributed by atoms with van der Waals surface area (Å²) in [5.41, 5.74) is -0.764. The van der Waals surface area contributed by atoms with E-state index in [0.717, 1.165) is 6.42 Å². The fourth-order valence-electron chi connectivity index (χ4n) is 1.04. The monoisotopic (exact) mass is 325 g/mol. The molecule has 0 atom stereocenters. The molecule has 0 spiro atoms. The number of carboxylic acids is 1. The Hall–Kier alpha value is 0.118. The first-order valence-corrected chi connectivity index (χ1v) is 3.05. The summed E-state index contributed by atoms with van der Waals surface area (Å²) < 4.78 is 0. The number of aliphatic hydroxyl groups excluding tert-OH is 1. The van der Waals surface area contributed by atoms with Crippen LogP contribution in [0.4, 0.5) is 0 Å². The smallest absolute Gasteiger partial charge is 0.311 e. The summed E-state index contributed by atoms with van der Waals surface area (Å²) in [4.78, 5) is 10.4. The van der Waals surface area contributed by atoms with E-state index in [0.29, 0.717) is 12.8 Å². The van der Waals surface area contributed by atoms with Gasteiger partial charge in [0.25, 0.3) is 0 Å². The molecule has 0 aromatic heterocycles. The summed E-state index contributed by atoms with van der Waals surface area (Å²) in [6.45, 7) is -0.206. The first-order chi connectivity index (χ1) is 4.21. The van der Waals surface area contributed by atoms with E-state index in [1.54, 1.807) is 0 Å². The minimum absolute atomic E-state index is 0. The number of rotatable bonds is 2. The molecule has 62 valence electrons. The van der Waals surface area contributed by atoms with Crippen LogP contribution in [0.1, 0.15) is 19.3 Å². The van der Waals surface area contributed by atoms with E-state index in [1.165, 1.54) is 0 Å². The Labute approximate surface area is 73.7 Å². The standard InChI is InChI=1S/C6H10O3.Pt/c7-4-6(5(8)9)2-1-3-6;/h7H,1-4H2,(H,8,9);. The molecular formula is C6H10O3Pt. The van der Waals surface area contributed by atoms with Crippen LogP contribution in [-0.4, -0.2) is 22.8 Å². The predicted molar refractivity (Wildman–Crippen MR) is 31.0 cm³/mol. The van der Waals surface area contributed by atoms with E-state index in [4.69, 9.17) is 10.2 Å². The van der Waals surface area contributed by atoms with E-state index in [1.807, 2.05) is 0 Å². The van der Waals surface area contributed by atoms with Crippen molar-refractivity contribution >= 4 is 5.97 Å². The van der Waals surface area contributed by atoms with Crippen molar-refractivity contribution in [3.8, 4) is 0 Å². The zero-order valence-corrected chi connectivity index (χ0v) is 7.72. The molecule has 0 bridgehead atoms. The van der Waals surface area contributed by atoms with Gasteiger partial charge in [0.15, 0.2) is 0 Å². The third-order valence-electron chi connectivity index (χ3n) is 2.07. The fourth-order valence-corrected chi connectivity index (χ4v) is 1.04. The molecule has 1 saturated carbocycles. The van der Waals surface area contributed by atoms with Crippen molar-refractivity contribution in [2.75, 3.05) is 6.61 Å².